The molecule has 3 N–H and O–H groups in total. The fourth-order valence-corrected chi connectivity index (χ4v) is 2.79. The third kappa shape index (κ3) is 1.92. The summed E-state index contributed by atoms with van der Waals surface area (Å²) in [7, 11) is -4.80. The Morgan fingerprint density at radius 2 is 2.25 bits per heavy atom. The van der Waals surface area contributed by atoms with Gasteiger partial charge in [0.1, 0.15) is 0 Å². The van der Waals surface area contributed by atoms with Gasteiger partial charge in [0, 0.05) is 19.0 Å². The van der Waals surface area contributed by atoms with Crippen LogP contribution in [0.5, 0.6) is 0 Å². The first kappa shape index (κ1) is 11.7. The lowest BCUT2D eigenvalue weighted by Gasteiger charge is -2.38. The molecule has 92 valence electrons. The Morgan fingerprint density at radius 1 is 1.56 bits per heavy atom. The van der Waals surface area contributed by atoms with E-state index in [0.717, 1.165) is 0 Å². The molecule has 0 radical (unpaired) electrons. The highest BCUT2D eigenvalue weighted by atomic mass is 32.3. The summed E-state index contributed by atoms with van der Waals surface area (Å²) in [5, 5.41) is 12.1. The monoisotopic (exact) mass is 252 g/mol. The second kappa shape index (κ2) is 3.64. The predicted molar refractivity (Wildman–Crippen MR) is 50.7 cm³/mol. The van der Waals surface area contributed by atoms with Gasteiger partial charge in [-0.3, -0.25) is 9.45 Å². The number of nitrogens with one attached hydrogen (secondary N) is 1. The lowest BCUT2D eigenvalue weighted by atomic mass is 9.97. The summed E-state index contributed by atoms with van der Waals surface area (Å²) in [6, 6.07) is 0.150. The number of fused-ring (bicyclic) bond motifs is 2. The number of nitrogens with zero attached hydrogens (tertiary/aromatic N) is 1. The molecule has 2 saturated heterocycles. The molecule has 8 nitrogen and oxygen atoms in total. The van der Waals surface area contributed by atoms with Crippen LogP contribution >= 0.6 is 0 Å². The van der Waals surface area contributed by atoms with Crippen molar-refractivity contribution in [2.45, 2.75) is 24.6 Å². The Hall–Kier alpha value is -0.740. The van der Waals surface area contributed by atoms with Gasteiger partial charge in [-0.2, -0.15) is 8.42 Å². The van der Waals surface area contributed by atoms with Gasteiger partial charge in [-0.25, -0.2) is 8.98 Å². The van der Waals surface area contributed by atoms with Crippen LogP contribution in [0.4, 0.5) is 0 Å². The molecule has 0 amide bonds. The van der Waals surface area contributed by atoms with Crippen molar-refractivity contribution < 1.29 is 27.1 Å². The molecule has 0 aromatic carbocycles. The first-order chi connectivity index (χ1) is 7.33. The Kier molecular flexibility index (Phi) is 2.67. The summed E-state index contributed by atoms with van der Waals surface area (Å²) in [5.74, 6) is -1.41. The van der Waals surface area contributed by atoms with Crippen LogP contribution in [-0.4, -0.2) is 53.9 Å². The minimum Gasteiger partial charge on any atom is -0.478 e. The molecule has 16 heavy (non-hydrogen) atoms. The van der Waals surface area contributed by atoms with Crippen LogP contribution in [-0.2, 0) is 19.4 Å². The van der Waals surface area contributed by atoms with E-state index in [4.69, 9.17) is 9.66 Å². The Labute approximate surface area is 92.1 Å². The maximum atomic E-state index is 11.2. The number of hydrogen-bond acceptors (Lipinski definition) is 6. The van der Waals surface area contributed by atoms with Crippen molar-refractivity contribution in [1.29, 1.82) is 0 Å². The molecule has 3 atom stereocenters. The zero-order valence-corrected chi connectivity index (χ0v) is 9.11. The summed E-state index contributed by atoms with van der Waals surface area (Å²) in [5.41, 5.74) is -1.98. The summed E-state index contributed by atoms with van der Waals surface area (Å²) in [6.45, 7) is 0.619. The lowest BCUT2D eigenvalue weighted by Crippen LogP contribution is -2.59. The number of aliphatic carboxylic acids is 1. The molecule has 0 aromatic rings. The summed E-state index contributed by atoms with van der Waals surface area (Å²) in [4.78, 5) is 12.5. The van der Waals surface area contributed by atoms with Crippen molar-refractivity contribution in [2.75, 3.05) is 13.2 Å². The van der Waals surface area contributed by atoms with E-state index >= 15 is 0 Å². The van der Waals surface area contributed by atoms with Crippen molar-refractivity contribution in [2.24, 2.45) is 0 Å². The summed E-state index contributed by atoms with van der Waals surface area (Å²) < 4.78 is 34.4. The van der Waals surface area contributed by atoms with E-state index in [1.54, 1.807) is 0 Å². The summed E-state index contributed by atoms with van der Waals surface area (Å²) >= 11 is 0. The number of carboxylic acid groups (broad SMARTS) is 1. The second-order valence-corrected chi connectivity index (χ2v) is 4.94. The molecule has 0 spiro atoms. The van der Waals surface area contributed by atoms with E-state index in [9.17, 15) is 13.2 Å². The van der Waals surface area contributed by atoms with E-state index in [0.29, 0.717) is 13.0 Å². The quantitative estimate of drug-likeness (QED) is 0.526. The molecule has 0 saturated carbocycles. The van der Waals surface area contributed by atoms with Crippen LogP contribution in [0.15, 0.2) is 0 Å². The fourth-order valence-electron chi connectivity index (χ4n) is 2.18. The van der Waals surface area contributed by atoms with Crippen LogP contribution in [0.2, 0.25) is 0 Å². The molecule has 2 aliphatic heterocycles. The maximum absolute atomic E-state index is 11.2. The Bertz CT molecular complexity index is 409. The number of hydrogen-bond donors (Lipinski definition) is 3. The maximum Gasteiger partial charge on any atom is 0.399 e. The zero-order chi connectivity index (χ0) is 12.0. The second-order valence-electron chi connectivity index (χ2n) is 3.92. The topological polar surface area (TPSA) is 116 Å². The number of carbonyl (C=O) groups is 1. The SMILES string of the molecule is O=C(O)C1(OS(=O)(=O)O)CCC2CN1CN2. The van der Waals surface area contributed by atoms with E-state index in [1.165, 1.54) is 4.90 Å². The molecular formula is C7H12N2O6S. The van der Waals surface area contributed by atoms with Crippen molar-refractivity contribution >= 4 is 16.4 Å². The lowest BCUT2D eigenvalue weighted by molar-refractivity contribution is -0.179. The fraction of sp³-hybridized carbons (Fsp3) is 0.857. The highest BCUT2D eigenvalue weighted by molar-refractivity contribution is 7.81. The van der Waals surface area contributed by atoms with Gasteiger partial charge in [-0.15, -0.1) is 0 Å². The third-order valence-corrected chi connectivity index (χ3v) is 3.42. The highest BCUT2D eigenvalue weighted by Crippen LogP contribution is 2.33. The third-order valence-electron chi connectivity index (χ3n) is 2.93. The molecule has 2 rings (SSSR count). The molecule has 0 aliphatic carbocycles. The molecular weight excluding hydrogens is 240 g/mol. The van der Waals surface area contributed by atoms with Gasteiger partial charge in [-0.1, -0.05) is 0 Å². The number of carboxylic acids is 1. The van der Waals surface area contributed by atoms with Crippen molar-refractivity contribution in [3.8, 4) is 0 Å². The molecule has 2 heterocycles. The van der Waals surface area contributed by atoms with Gasteiger partial charge < -0.3 is 10.4 Å². The summed E-state index contributed by atoms with van der Waals surface area (Å²) in [6.07, 6.45) is 0.498. The van der Waals surface area contributed by atoms with Crippen LogP contribution in [0.1, 0.15) is 12.8 Å². The largest absolute Gasteiger partial charge is 0.478 e. The number of rotatable bonds is 3. The van der Waals surface area contributed by atoms with Crippen LogP contribution < -0.4 is 5.32 Å². The highest BCUT2D eigenvalue weighted by Gasteiger charge is 2.54. The van der Waals surface area contributed by atoms with Crippen LogP contribution in [0.25, 0.3) is 0 Å². The average molecular weight is 252 g/mol. The van der Waals surface area contributed by atoms with Crippen molar-refractivity contribution in [3.63, 3.8) is 0 Å². The van der Waals surface area contributed by atoms with Gasteiger partial charge in [-0.05, 0) is 6.42 Å². The minimum atomic E-state index is -4.80. The molecule has 2 bridgehead atoms. The first-order valence-electron chi connectivity index (χ1n) is 4.73. The van der Waals surface area contributed by atoms with Crippen LogP contribution in [0.3, 0.4) is 0 Å². The normalized spacial score (nSPS) is 38.6. The zero-order valence-electron chi connectivity index (χ0n) is 8.29. The van der Waals surface area contributed by atoms with E-state index < -0.39 is 22.1 Å². The molecule has 2 fully saturated rings. The Balaban J connectivity index is 2.32. The standard InChI is InChI=1S/C7H12N2O6S/c10-6(11)7(15-16(12,13)14)2-1-5-3-9(7)4-8-5/h5,8H,1-4H2,(H,10,11)(H,12,13,14). The molecule has 9 heteroatoms. The van der Waals surface area contributed by atoms with Gasteiger partial charge in [0.2, 0.25) is 5.72 Å². The smallest absolute Gasteiger partial charge is 0.399 e. The van der Waals surface area contributed by atoms with Crippen LogP contribution in [0, 0.1) is 0 Å². The molecule has 3 unspecified atom stereocenters. The van der Waals surface area contributed by atoms with Crippen molar-refractivity contribution in [3.05, 3.63) is 0 Å². The molecule has 0 aromatic heterocycles. The van der Waals surface area contributed by atoms with Gasteiger partial charge in [0.15, 0.2) is 0 Å². The van der Waals surface area contributed by atoms with E-state index in [1.807, 2.05) is 0 Å². The Morgan fingerprint density at radius 3 is 2.81 bits per heavy atom. The van der Waals surface area contributed by atoms with Crippen molar-refractivity contribution in [1.82, 2.24) is 10.2 Å². The van der Waals surface area contributed by atoms with E-state index in [2.05, 4.69) is 9.50 Å². The number of piperidine rings is 1. The predicted octanol–water partition coefficient (Wildman–Crippen LogP) is -1.39. The average Bonchev–Trinajstić information content (AvgIpc) is 2.53. The van der Waals surface area contributed by atoms with Gasteiger partial charge >= 0.3 is 16.4 Å². The first-order valence-corrected chi connectivity index (χ1v) is 6.10. The van der Waals surface area contributed by atoms with E-state index in [-0.39, 0.29) is 19.1 Å². The minimum absolute atomic E-state index is 0.0137. The molecule has 2 aliphatic rings. The van der Waals surface area contributed by atoms with Gasteiger partial charge in [0.05, 0.1) is 6.67 Å². The van der Waals surface area contributed by atoms with Gasteiger partial charge in [0.25, 0.3) is 0 Å².